The number of likely N-dealkylation sites (tertiary alicyclic amines) is 1. The molecule has 1 saturated heterocycles. The third-order valence-electron chi connectivity index (χ3n) is 3.88. The molecule has 1 aromatic heterocycles. The van der Waals surface area contributed by atoms with Gasteiger partial charge >= 0.3 is 0 Å². The summed E-state index contributed by atoms with van der Waals surface area (Å²) in [4.78, 5) is 15.1. The average Bonchev–Trinajstić information content (AvgIpc) is 3.17. The van der Waals surface area contributed by atoms with Crippen molar-refractivity contribution < 1.29 is 13.2 Å². The summed E-state index contributed by atoms with van der Waals surface area (Å²) in [5.41, 5.74) is 1.06. The van der Waals surface area contributed by atoms with Crippen molar-refractivity contribution in [2.75, 3.05) is 13.1 Å². The average molecular weight is 335 g/mol. The molecule has 1 atom stereocenters. The molecule has 0 radical (unpaired) electrons. The Morgan fingerprint density at radius 1 is 1.27 bits per heavy atom. The number of carbonyl (C=O) groups excluding carboxylic acids is 1. The molecule has 0 spiro atoms. The van der Waals surface area contributed by atoms with Gasteiger partial charge in [-0.05, 0) is 42.5 Å². The molecule has 116 valence electrons. The second-order valence-corrected chi connectivity index (χ2v) is 8.65. The highest BCUT2D eigenvalue weighted by atomic mass is 32.2. The SMILES string of the molecule is Cc1csc(C(=O)N2CCC(S(=O)(=O)c3ccccc3)C2)c1. The van der Waals surface area contributed by atoms with E-state index in [2.05, 4.69) is 0 Å². The second-order valence-electron chi connectivity index (χ2n) is 5.51. The number of sulfone groups is 1. The number of hydrogen-bond donors (Lipinski definition) is 0. The Kier molecular flexibility index (Phi) is 4.06. The van der Waals surface area contributed by atoms with Crippen molar-refractivity contribution in [3.8, 4) is 0 Å². The lowest BCUT2D eigenvalue weighted by Gasteiger charge is -2.16. The number of benzene rings is 1. The fourth-order valence-electron chi connectivity index (χ4n) is 2.67. The molecule has 4 nitrogen and oxygen atoms in total. The van der Waals surface area contributed by atoms with Crippen LogP contribution in [0.25, 0.3) is 0 Å². The molecule has 1 aromatic carbocycles. The minimum atomic E-state index is -3.37. The number of carbonyl (C=O) groups is 1. The molecule has 0 saturated carbocycles. The number of hydrogen-bond acceptors (Lipinski definition) is 4. The van der Waals surface area contributed by atoms with Gasteiger partial charge in [0.15, 0.2) is 9.84 Å². The van der Waals surface area contributed by atoms with Crippen LogP contribution in [-0.4, -0.2) is 37.6 Å². The molecule has 2 aromatic rings. The van der Waals surface area contributed by atoms with Crippen LogP contribution >= 0.6 is 11.3 Å². The largest absolute Gasteiger partial charge is 0.337 e. The Morgan fingerprint density at radius 2 is 2.00 bits per heavy atom. The molecule has 0 N–H and O–H groups in total. The third kappa shape index (κ3) is 2.80. The van der Waals surface area contributed by atoms with Gasteiger partial charge in [0.2, 0.25) is 0 Å². The Morgan fingerprint density at radius 3 is 2.64 bits per heavy atom. The molecular formula is C16H17NO3S2. The summed E-state index contributed by atoms with van der Waals surface area (Å²) in [5, 5.41) is 1.42. The van der Waals surface area contributed by atoms with E-state index >= 15 is 0 Å². The van der Waals surface area contributed by atoms with Crippen LogP contribution in [0.1, 0.15) is 21.7 Å². The number of nitrogens with zero attached hydrogens (tertiary/aromatic N) is 1. The maximum atomic E-state index is 12.6. The van der Waals surface area contributed by atoms with E-state index in [-0.39, 0.29) is 12.5 Å². The summed E-state index contributed by atoms with van der Waals surface area (Å²) in [6, 6.07) is 10.3. The van der Waals surface area contributed by atoms with Crippen LogP contribution in [0.5, 0.6) is 0 Å². The van der Waals surface area contributed by atoms with Gasteiger partial charge in [0.25, 0.3) is 5.91 Å². The molecule has 2 heterocycles. The summed E-state index contributed by atoms with van der Waals surface area (Å²) in [5.74, 6) is -0.0659. The van der Waals surface area contributed by atoms with Crippen molar-refractivity contribution in [2.24, 2.45) is 0 Å². The highest BCUT2D eigenvalue weighted by Gasteiger charge is 2.36. The lowest BCUT2D eigenvalue weighted by atomic mass is 10.3. The van der Waals surface area contributed by atoms with Gasteiger partial charge in [-0.3, -0.25) is 4.79 Å². The lowest BCUT2D eigenvalue weighted by Crippen LogP contribution is -2.31. The van der Waals surface area contributed by atoms with E-state index in [0.717, 1.165) is 5.56 Å². The van der Waals surface area contributed by atoms with Crippen LogP contribution in [0.2, 0.25) is 0 Å². The minimum absolute atomic E-state index is 0.0659. The van der Waals surface area contributed by atoms with Crippen LogP contribution in [0.4, 0.5) is 0 Å². The molecule has 1 fully saturated rings. The summed E-state index contributed by atoms with van der Waals surface area (Å²) < 4.78 is 25.2. The molecule has 22 heavy (non-hydrogen) atoms. The molecule has 1 aliphatic heterocycles. The summed E-state index contributed by atoms with van der Waals surface area (Å²) in [7, 11) is -3.37. The summed E-state index contributed by atoms with van der Waals surface area (Å²) in [6.07, 6.45) is 0.493. The van der Waals surface area contributed by atoms with Crippen LogP contribution in [0.3, 0.4) is 0 Å². The smallest absolute Gasteiger partial charge is 0.263 e. The lowest BCUT2D eigenvalue weighted by molar-refractivity contribution is 0.0798. The van der Waals surface area contributed by atoms with Gasteiger partial charge in [0, 0.05) is 13.1 Å². The first-order chi connectivity index (χ1) is 10.5. The van der Waals surface area contributed by atoms with E-state index in [0.29, 0.717) is 22.7 Å². The van der Waals surface area contributed by atoms with Gasteiger partial charge in [-0.2, -0.15) is 0 Å². The first-order valence-corrected chi connectivity index (χ1v) is 9.54. The first-order valence-electron chi connectivity index (χ1n) is 7.12. The Labute approximate surface area is 134 Å². The molecule has 1 unspecified atom stereocenters. The van der Waals surface area contributed by atoms with Gasteiger partial charge < -0.3 is 4.90 Å². The van der Waals surface area contributed by atoms with Crippen LogP contribution in [-0.2, 0) is 9.84 Å². The fourth-order valence-corrected chi connectivity index (χ4v) is 5.25. The molecule has 6 heteroatoms. The molecular weight excluding hydrogens is 318 g/mol. The normalized spacial score (nSPS) is 18.6. The monoisotopic (exact) mass is 335 g/mol. The van der Waals surface area contributed by atoms with Gasteiger partial charge in [0.05, 0.1) is 15.0 Å². The van der Waals surface area contributed by atoms with E-state index in [4.69, 9.17) is 0 Å². The Hall–Kier alpha value is -1.66. The van der Waals surface area contributed by atoms with E-state index in [1.54, 1.807) is 35.2 Å². The summed E-state index contributed by atoms with van der Waals surface area (Å²) in [6.45, 7) is 2.71. The zero-order valence-corrected chi connectivity index (χ0v) is 13.9. The summed E-state index contributed by atoms with van der Waals surface area (Å²) >= 11 is 1.41. The van der Waals surface area contributed by atoms with Crippen LogP contribution in [0, 0.1) is 6.92 Å². The Balaban J connectivity index is 1.76. The zero-order valence-electron chi connectivity index (χ0n) is 12.2. The van der Waals surface area contributed by atoms with Crippen LogP contribution < -0.4 is 0 Å². The van der Waals surface area contributed by atoms with Crippen molar-refractivity contribution in [2.45, 2.75) is 23.5 Å². The van der Waals surface area contributed by atoms with Gasteiger partial charge in [-0.15, -0.1) is 11.3 Å². The van der Waals surface area contributed by atoms with E-state index in [1.165, 1.54) is 11.3 Å². The van der Waals surface area contributed by atoms with Gasteiger partial charge in [-0.1, -0.05) is 18.2 Å². The molecule has 1 amide bonds. The number of rotatable bonds is 3. The van der Waals surface area contributed by atoms with Crippen LogP contribution in [0.15, 0.2) is 46.7 Å². The van der Waals surface area contributed by atoms with Crippen molar-refractivity contribution in [3.05, 3.63) is 52.2 Å². The highest BCUT2D eigenvalue weighted by Crippen LogP contribution is 2.26. The van der Waals surface area contributed by atoms with E-state index in [9.17, 15) is 13.2 Å². The van der Waals surface area contributed by atoms with Crippen molar-refractivity contribution >= 4 is 27.1 Å². The maximum absolute atomic E-state index is 12.6. The molecule has 0 bridgehead atoms. The molecule has 3 rings (SSSR count). The molecule has 0 aliphatic carbocycles. The maximum Gasteiger partial charge on any atom is 0.263 e. The van der Waals surface area contributed by atoms with Crippen molar-refractivity contribution in [1.82, 2.24) is 4.90 Å². The number of thiophene rings is 1. The third-order valence-corrected chi connectivity index (χ3v) is 7.11. The zero-order chi connectivity index (χ0) is 15.7. The first kappa shape index (κ1) is 15.2. The fraction of sp³-hybridized carbons (Fsp3) is 0.312. The predicted octanol–water partition coefficient (Wildman–Crippen LogP) is 2.74. The number of amides is 1. The molecule has 1 aliphatic rings. The standard InChI is InChI=1S/C16H17NO3S2/c1-12-9-15(21-11-12)16(18)17-8-7-14(10-17)22(19,20)13-5-3-2-4-6-13/h2-6,9,11,14H,7-8,10H2,1H3. The second kappa shape index (κ2) is 5.85. The Bertz CT molecular complexity index is 781. The predicted molar refractivity (Wildman–Crippen MR) is 87.0 cm³/mol. The number of aryl methyl sites for hydroxylation is 1. The van der Waals surface area contributed by atoms with E-state index < -0.39 is 15.1 Å². The topological polar surface area (TPSA) is 54.5 Å². The van der Waals surface area contributed by atoms with E-state index in [1.807, 2.05) is 18.4 Å². The minimum Gasteiger partial charge on any atom is -0.337 e. The van der Waals surface area contributed by atoms with Gasteiger partial charge in [0.1, 0.15) is 0 Å². The highest BCUT2D eigenvalue weighted by molar-refractivity contribution is 7.92. The van der Waals surface area contributed by atoms with Crippen molar-refractivity contribution in [1.29, 1.82) is 0 Å². The van der Waals surface area contributed by atoms with Gasteiger partial charge in [-0.25, -0.2) is 8.42 Å². The van der Waals surface area contributed by atoms with Crippen molar-refractivity contribution in [3.63, 3.8) is 0 Å². The quantitative estimate of drug-likeness (QED) is 0.867.